The number of rotatable bonds is 2. The first-order chi connectivity index (χ1) is 10.7. The lowest BCUT2D eigenvalue weighted by atomic mass is 9.95. The van der Waals surface area contributed by atoms with Crippen molar-refractivity contribution in [1.82, 2.24) is 15.1 Å². The van der Waals surface area contributed by atoms with Crippen LogP contribution in [0.25, 0.3) is 22.1 Å². The van der Waals surface area contributed by atoms with Crippen LogP contribution in [0.5, 0.6) is 0 Å². The van der Waals surface area contributed by atoms with Gasteiger partial charge in [0.2, 0.25) is 0 Å². The Labute approximate surface area is 135 Å². The van der Waals surface area contributed by atoms with Crippen LogP contribution < -0.4 is 5.32 Å². The molecular weight excluding hydrogens is 290 g/mol. The molecule has 0 atom stereocenters. The fraction of sp³-hybridized carbons (Fsp3) is 0.444. The number of amides is 1. The summed E-state index contributed by atoms with van der Waals surface area (Å²) in [5, 5.41) is 8.33. The smallest absolute Gasteiger partial charge is 0.275 e. The molecule has 5 nitrogen and oxygen atoms in total. The second kappa shape index (κ2) is 5.11. The monoisotopic (exact) mass is 313 g/mol. The highest BCUT2D eigenvalue weighted by Crippen LogP contribution is 2.37. The molecule has 3 aromatic rings. The predicted octanol–water partition coefficient (Wildman–Crippen LogP) is 3.69. The maximum atomic E-state index is 12.4. The number of nitrogens with one attached hydrogen (secondary N) is 1. The van der Waals surface area contributed by atoms with Gasteiger partial charge in [-0.3, -0.25) is 9.48 Å². The zero-order valence-corrected chi connectivity index (χ0v) is 14.8. The number of carbonyl (C=O) groups excluding carboxylic acids is 1. The van der Waals surface area contributed by atoms with Crippen molar-refractivity contribution >= 4 is 28.0 Å². The lowest BCUT2D eigenvalue weighted by molar-refractivity contribution is 0.0938. The van der Waals surface area contributed by atoms with Crippen LogP contribution in [0.3, 0.4) is 0 Å². The Balaban J connectivity index is 2.40. The average molecular weight is 313 g/mol. The number of carbonyl (C=O) groups is 1. The second-order valence-corrected chi connectivity index (χ2v) is 6.58. The predicted molar refractivity (Wildman–Crippen MR) is 92.0 cm³/mol. The molecule has 0 aliphatic heterocycles. The summed E-state index contributed by atoms with van der Waals surface area (Å²) in [5.41, 5.74) is 7.45. The van der Waals surface area contributed by atoms with Gasteiger partial charge < -0.3 is 9.73 Å². The summed E-state index contributed by atoms with van der Waals surface area (Å²) >= 11 is 0. The number of fused-ring (bicyclic) bond motifs is 3. The molecule has 5 heteroatoms. The maximum Gasteiger partial charge on any atom is 0.275 e. The van der Waals surface area contributed by atoms with Crippen LogP contribution >= 0.6 is 0 Å². The number of benzene rings is 1. The molecule has 1 aromatic carbocycles. The first-order valence-electron chi connectivity index (χ1n) is 7.90. The van der Waals surface area contributed by atoms with Crippen molar-refractivity contribution in [3.05, 3.63) is 27.9 Å². The SMILES string of the molecule is Cc1c(C)c(C)c2c(oc3c(C(=O)NC(C)C)nn(C)c32)c1C. The Hall–Kier alpha value is -2.30. The van der Waals surface area contributed by atoms with Gasteiger partial charge in [0.05, 0.1) is 0 Å². The van der Waals surface area contributed by atoms with Crippen LogP contribution in [0.2, 0.25) is 0 Å². The van der Waals surface area contributed by atoms with Gasteiger partial charge in [-0.1, -0.05) is 0 Å². The minimum Gasteiger partial charge on any atom is -0.451 e. The van der Waals surface area contributed by atoms with Crippen molar-refractivity contribution in [2.24, 2.45) is 7.05 Å². The van der Waals surface area contributed by atoms with Gasteiger partial charge in [0, 0.05) is 18.5 Å². The molecule has 0 aliphatic rings. The van der Waals surface area contributed by atoms with Gasteiger partial charge >= 0.3 is 0 Å². The minimum absolute atomic E-state index is 0.0527. The van der Waals surface area contributed by atoms with Crippen LogP contribution in [-0.4, -0.2) is 21.7 Å². The number of hydrogen-bond donors (Lipinski definition) is 1. The molecule has 2 heterocycles. The summed E-state index contributed by atoms with van der Waals surface area (Å²) in [6.45, 7) is 12.2. The third-order valence-electron chi connectivity index (χ3n) is 4.71. The van der Waals surface area contributed by atoms with E-state index in [4.69, 9.17) is 4.42 Å². The molecule has 1 N–H and O–H groups in total. The van der Waals surface area contributed by atoms with Gasteiger partial charge in [-0.15, -0.1) is 0 Å². The van der Waals surface area contributed by atoms with Gasteiger partial charge in [0.1, 0.15) is 11.1 Å². The van der Waals surface area contributed by atoms with Crippen LogP contribution in [0, 0.1) is 27.7 Å². The zero-order valence-electron chi connectivity index (χ0n) is 14.8. The van der Waals surface area contributed by atoms with E-state index in [1.807, 2.05) is 20.9 Å². The van der Waals surface area contributed by atoms with E-state index in [0.29, 0.717) is 11.3 Å². The second-order valence-electron chi connectivity index (χ2n) is 6.58. The lowest BCUT2D eigenvalue weighted by Gasteiger charge is -2.10. The number of aromatic nitrogens is 2. The van der Waals surface area contributed by atoms with E-state index in [-0.39, 0.29) is 11.9 Å². The van der Waals surface area contributed by atoms with E-state index in [1.165, 1.54) is 16.7 Å². The van der Waals surface area contributed by atoms with Crippen molar-refractivity contribution in [2.75, 3.05) is 0 Å². The summed E-state index contributed by atoms with van der Waals surface area (Å²) in [4.78, 5) is 12.4. The van der Waals surface area contributed by atoms with Crippen molar-refractivity contribution in [3.63, 3.8) is 0 Å². The summed E-state index contributed by atoms with van der Waals surface area (Å²) in [6, 6.07) is 0.0527. The first kappa shape index (κ1) is 15.6. The highest BCUT2D eigenvalue weighted by atomic mass is 16.3. The number of furan rings is 1. The van der Waals surface area contributed by atoms with Gasteiger partial charge in [-0.05, 0) is 63.8 Å². The molecule has 122 valence electrons. The Morgan fingerprint density at radius 3 is 2.26 bits per heavy atom. The molecule has 0 unspecified atom stereocenters. The van der Waals surface area contributed by atoms with Gasteiger partial charge in [0.25, 0.3) is 5.91 Å². The quantitative estimate of drug-likeness (QED) is 0.785. The Morgan fingerprint density at radius 2 is 1.65 bits per heavy atom. The van der Waals surface area contributed by atoms with Gasteiger partial charge in [0.15, 0.2) is 11.3 Å². The fourth-order valence-electron chi connectivity index (χ4n) is 3.15. The number of nitrogens with zero attached hydrogens (tertiary/aromatic N) is 2. The van der Waals surface area contributed by atoms with Crippen molar-refractivity contribution in [2.45, 2.75) is 47.6 Å². The summed E-state index contributed by atoms with van der Waals surface area (Å²) in [5.74, 6) is -0.201. The molecule has 23 heavy (non-hydrogen) atoms. The minimum atomic E-state index is -0.201. The third-order valence-corrected chi connectivity index (χ3v) is 4.71. The molecular formula is C18H23N3O2. The molecule has 0 saturated heterocycles. The molecule has 0 aliphatic carbocycles. The van der Waals surface area contributed by atoms with Crippen molar-refractivity contribution < 1.29 is 9.21 Å². The maximum absolute atomic E-state index is 12.4. The summed E-state index contributed by atoms with van der Waals surface area (Å²) < 4.78 is 7.86. The third kappa shape index (κ3) is 2.14. The molecule has 1 amide bonds. The van der Waals surface area contributed by atoms with Crippen LogP contribution in [0.1, 0.15) is 46.6 Å². The van der Waals surface area contributed by atoms with Crippen molar-refractivity contribution in [1.29, 1.82) is 0 Å². The van der Waals surface area contributed by atoms with Crippen LogP contribution in [0.15, 0.2) is 4.42 Å². The fourth-order valence-corrected chi connectivity index (χ4v) is 3.15. The van der Waals surface area contributed by atoms with E-state index in [0.717, 1.165) is 22.0 Å². The van der Waals surface area contributed by atoms with E-state index in [2.05, 4.69) is 38.1 Å². The van der Waals surface area contributed by atoms with E-state index in [1.54, 1.807) is 4.68 Å². The molecule has 3 rings (SSSR count). The van der Waals surface area contributed by atoms with Gasteiger partial charge in [-0.2, -0.15) is 5.10 Å². The largest absolute Gasteiger partial charge is 0.451 e. The molecule has 0 spiro atoms. The first-order valence-corrected chi connectivity index (χ1v) is 7.90. The summed E-state index contributed by atoms with van der Waals surface area (Å²) in [6.07, 6.45) is 0. The highest BCUT2D eigenvalue weighted by molar-refractivity contribution is 6.13. The number of hydrogen-bond acceptors (Lipinski definition) is 3. The molecule has 0 fully saturated rings. The van der Waals surface area contributed by atoms with E-state index >= 15 is 0 Å². The van der Waals surface area contributed by atoms with E-state index < -0.39 is 0 Å². The Bertz CT molecular complexity index is 945. The molecule has 2 aromatic heterocycles. The molecule has 0 saturated carbocycles. The topological polar surface area (TPSA) is 60.1 Å². The van der Waals surface area contributed by atoms with Gasteiger partial charge in [-0.25, -0.2) is 0 Å². The zero-order chi connectivity index (χ0) is 17.0. The standard InChI is InChI=1S/C18H23N3O2/c1-8(2)19-18(22)14-17-15(21(7)20-14)13-11(5)9(3)10(4)12(6)16(13)23-17/h8H,1-7H3,(H,19,22). The Kier molecular flexibility index (Phi) is 3.47. The average Bonchev–Trinajstić information content (AvgIpc) is 3.00. The van der Waals surface area contributed by atoms with Crippen LogP contribution in [-0.2, 0) is 7.05 Å². The number of aryl methyl sites for hydroxylation is 3. The van der Waals surface area contributed by atoms with Crippen molar-refractivity contribution in [3.8, 4) is 0 Å². The van der Waals surface area contributed by atoms with E-state index in [9.17, 15) is 4.79 Å². The summed E-state index contributed by atoms with van der Waals surface area (Å²) in [7, 11) is 1.85. The lowest BCUT2D eigenvalue weighted by Crippen LogP contribution is -2.30. The normalized spacial score (nSPS) is 11.8. The van der Waals surface area contributed by atoms with Crippen LogP contribution in [0.4, 0.5) is 0 Å². The Morgan fingerprint density at radius 1 is 1.04 bits per heavy atom. The molecule has 0 radical (unpaired) electrons. The molecule has 0 bridgehead atoms. The highest BCUT2D eigenvalue weighted by Gasteiger charge is 2.25.